The van der Waals surface area contributed by atoms with Crippen LogP contribution in [-0.4, -0.2) is 33.1 Å². The van der Waals surface area contributed by atoms with Crippen LogP contribution in [-0.2, 0) is 9.53 Å². The molecule has 0 aromatic carbocycles. The molecular formula is C13H13NO5S. The number of hydrogen-bond donors (Lipinski definition) is 1. The highest BCUT2D eigenvalue weighted by molar-refractivity contribution is 7.17. The maximum atomic E-state index is 12.1. The van der Waals surface area contributed by atoms with E-state index in [0.717, 1.165) is 0 Å². The Balaban J connectivity index is 2.51. The molecule has 0 bridgehead atoms. The summed E-state index contributed by atoms with van der Waals surface area (Å²) in [6.07, 6.45) is 0.570. The molecule has 0 unspecified atom stereocenters. The largest absolute Gasteiger partial charge is 0.475 e. The van der Waals surface area contributed by atoms with E-state index in [1.165, 1.54) is 22.1 Å². The third-order valence-electron chi connectivity index (χ3n) is 2.44. The number of carbonyl (C=O) groups excluding carboxylic acids is 2. The Kier molecular flexibility index (Phi) is 3.39. The van der Waals surface area contributed by atoms with Crippen LogP contribution in [0.1, 0.15) is 31.1 Å². The molecule has 2 heterocycles. The van der Waals surface area contributed by atoms with Gasteiger partial charge in [0, 0.05) is 11.6 Å². The zero-order valence-corrected chi connectivity index (χ0v) is 12.0. The van der Waals surface area contributed by atoms with E-state index in [2.05, 4.69) is 0 Å². The van der Waals surface area contributed by atoms with Crippen LogP contribution < -0.4 is 0 Å². The van der Waals surface area contributed by atoms with Gasteiger partial charge in [-0.25, -0.2) is 14.2 Å². The van der Waals surface area contributed by atoms with E-state index >= 15 is 0 Å². The molecule has 20 heavy (non-hydrogen) atoms. The van der Waals surface area contributed by atoms with Crippen molar-refractivity contribution in [2.75, 3.05) is 0 Å². The molecule has 0 aliphatic heterocycles. The molecule has 0 radical (unpaired) electrons. The van der Waals surface area contributed by atoms with Crippen molar-refractivity contribution in [2.45, 2.75) is 26.4 Å². The van der Waals surface area contributed by atoms with Gasteiger partial charge >= 0.3 is 12.1 Å². The van der Waals surface area contributed by atoms with Crippen LogP contribution in [0.15, 0.2) is 17.6 Å². The van der Waals surface area contributed by atoms with Crippen molar-refractivity contribution in [1.29, 1.82) is 0 Å². The summed E-state index contributed by atoms with van der Waals surface area (Å²) in [5, 5.41) is 10.9. The van der Waals surface area contributed by atoms with Gasteiger partial charge in [0.2, 0.25) is 0 Å². The first-order chi connectivity index (χ1) is 9.20. The van der Waals surface area contributed by atoms with Crippen molar-refractivity contribution >= 4 is 39.4 Å². The Bertz CT molecular complexity index is 704. The third kappa shape index (κ3) is 2.57. The number of thiophene rings is 1. The lowest BCUT2D eigenvalue weighted by molar-refractivity contribution is -0.131. The van der Waals surface area contributed by atoms with Crippen molar-refractivity contribution in [3.8, 4) is 0 Å². The van der Waals surface area contributed by atoms with Gasteiger partial charge in [-0.1, -0.05) is 0 Å². The molecule has 2 rings (SSSR count). The number of carboxylic acid groups (broad SMARTS) is 1. The number of ether oxygens (including phenoxy) is 1. The summed E-state index contributed by atoms with van der Waals surface area (Å²) in [7, 11) is 0. The Morgan fingerprint density at radius 1 is 1.30 bits per heavy atom. The van der Waals surface area contributed by atoms with Crippen molar-refractivity contribution in [2.24, 2.45) is 0 Å². The molecule has 2 aromatic heterocycles. The summed E-state index contributed by atoms with van der Waals surface area (Å²) < 4.78 is 6.39. The predicted molar refractivity (Wildman–Crippen MR) is 73.4 cm³/mol. The number of Topliss-reactive ketones (excluding diaryl/α,β-unsaturated/α-hetero) is 1. The van der Waals surface area contributed by atoms with Gasteiger partial charge in [-0.15, -0.1) is 11.3 Å². The van der Waals surface area contributed by atoms with E-state index in [1.54, 1.807) is 32.2 Å². The molecule has 106 valence electrons. The molecule has 0 saturated heterocycles. The van der Waals surface area contributed by atoms with Gasteiger partial charge in [0.15, 0.2) is 0 Å². The summed E-state index contributed by atoms with van der Waals surface area (Å²) in [6.45, 7) is 5.18. The molecule has 0 amide bonds. The number of carbonyl (C=O) groups is 3. The number of aromatic nitrogens is 1. The highest BCUT2D eigenvalue weighted by atomic mass is 32.1. The number of fused-ring (bicyclic) bond motifs is 1. The fourth-order valence-corrected chi connectivity index (χ4v) is 2.57. The first kappa shape index (κ1) is 14.3. The lowest BCUT2D eigenvalue weighted by Crippen LogP contribution is -2.26. The molecule has 6 nitrogen and oxygen atoms in total. The van der Waals surface area contributed by atoms with Crippen molar-refractivity contribution in [3.05, 3.63) is 23.2 Å². The van der Waals surface area contributed by atoms with Gasteiger partial charge in [0.1, 0.15) is 10.4 Å². The summed E-state index contributed by atoms with van der Waals surface area (Å²) in [5.74, 6) is -2.60. The molecule has 0 spiro atoms. The SMILES string of the molecule is CC(C)(C)OC(=O)n1cc(C(=O)C(=O)O)c2ccsc21. The molecule has 2 aromatic rings. The van der Waals surface area contributed by atoms with Gasteiger partial charge in [0.25, 0.3) is 5.78 Å². The standard InChI is InChI=1S/C13H13NO5S/c1-13(2,3)19-12(18)14-6-8(9(15)11(16)17)7-4-5-20-10(7)14/h4-6H,1-3H3,(H,16,17). The highest BCUT2D eigenvalue weighted by Crippen LogP contribution is 2.28. The molecule has 0 aliphatic carbocycles. The normalized spacial score (nSPS) is 11.6. The molecule has 0 aliphatic rings. The van der Waals surface area contributed by atoms with E-state index in [-0.39, 0.29) is 5.56 Å². The number of rotatable bonds is 2. The van der Waals surface area contributed by atoms with Gasteiger partial charge in [-0.2, -0.15) is 0 Å². The lowest BCUT2D eigenvalue weighted by atomic mass is 10.2. The monoisotopic (exact) mass is 295 g/mol. The molecule has 0 saturated carbocycles. The molecule has 1 N–H and O–H groups in total. The quantitative estimate of drug-likeness (QED) is 0.680. The van der Waals surface area contributed by atoms with E-state index in [9.17, 15) is 14.4 Å². The van der Waals surface area contributed by atoms with Gasteiger partial charge in [0.05, 0.1) is 5.56 Å². The summed E-state index contributed by atoms with van der Waals surface area (Å²) >= 11 is 1.24. The number of nitrogens with zero attached hydrogens (tertiary/aromatic N) is 1. The Morgan fingerprint density at radius 2 is 1.95 bits per heavy atom. The second-order valence-corrected chi connectivity index (χ2v) is 6.06. The van der Waals surface area contributed by atoms with Gasteiger partial charge in [-0.05, 0) is 32.2 Å². The van der Waals surface area contributed by atoms with E-state index in [0.29, 0.717) is 10.2 Å². The smallest absolute Gasteiger partial charge is 0.419 e. The van der Waals surface area contributed by atoms with Crippen LogP contribution in [0.25, 0.3) is 10.2 Å². The van der Waals surface area contributed by atoms with Crippen molar-refractivity contribution < 1.29 is 24.2 Å². The molecule has 0 fully saturated rings. The summed E-state index contributed by atoms with van der Waals surface area (Å²) in [4.78, 5) is 35.0. The highest BCUT2D eigenvalue weighted by Gasteiger charge is 2.25. The number of aliphatic carboxylic acids is 1. The maximum absolute atomic E-state index is 12.1. The summed E-state index contributed by atoms with van der Waals surface area (Å²) in [6, 6.07) is 1.61. The average Bonchev–Trinajstić information content (AvgIpc) is 2.85. The Morgan fingerprint density at radius 3 is 2.50 bits per heavy atom. The molecular weight excluding hydrogens is 282 g/mol. The van der Waals surface area contributed by atoms with Crippen LogP contribution in [0, 0.1) is 0 Å². The Labute approximate surface area is 118 Å². The minimum atomic E-state index is -1.56. The third-order valence-corrected chi connectivity index (χ3v) is 3.35. The maximum Gasteiger partial charge on any atom is 0.419 e. The first-order valence-electron chi connectivity index (χ1n) is 5.80. The summed E-state index contributed by atoms with van der Waals surface area (Å²) in [5.41, 5.74) is -0.693. The second-order valence-electron chi connectivity index (χ2n) is 5.17. The van der Waals surface area contributed by atoms with Crippen LogP contribution in [0.3, 0.4) is 0 Å². The zero-order valence-electron chi connectivity index (χ0n) is 11.2. The van der Waals surface area contributed by atoms with Crippen LogP contribution in [0.4, 0.5) is 4.79 Å². The van der Waals surface area contributed by atoms with Gasteiger partial charge < -0.3 is 9.84 Å². The fourth-order valence-electron chi connectivity index (χ4n) is 1.69. The van der Waals surface area contributed by atoms with Crippen LogP contribution in [0.2, 0.25) is 0 Å². The molecule has 7 heteroatoms. The minimum absolute atomic E-state index is 0.0143. The first-order valence-corrected chi connectivity index (χ1v) is 6.68. The van der Waals surface area contributed by atoms with E-state index < -0.39 is 23.4 Å². The van der Waals surface area contributed by atoms with Crippen molar-refractivity contribution in [1.82, 2.24) is 4.57 Å². The number of hydrogen-bond acceptors (Lipinski definition) is 5. The van der Waals surface area contributed by atoms with E-state index in [4.69, 9.17) is 9.84 Å². The van der Waals surface area contributed by atoms with Crippen LogP contribution in [0.5, 0.6) is 0 Å². The Hall–Kier alpha value is -2.15. The number of carboxylic acids is 1. The van der Waals surface area contributed by atoms with Crippen LogP contribution >= 0.6 is 11.3 Å². The topological polar surface area (TPSA) is 85.6 Å². The minimum Gasteiger partial charge on any atom is -0.475 e. The van der Waals surface area contributed by atoms with Gasteiger partial charge in [-0.3, -0.25) is 4.79 Å². The lowest BCUT2D eigenvalue weighted by Gasteiger charge is -2.19. The fraction of sp³-hybridized carbons (Fsp3) is 0.308. The zero-order chi connectivity index (χ0) is 15.1. The number of ketones is 1. The predicted octanol–water partition coefficient (Wildman–Crippen LogP) is 2.75. The average molecular weight is 295 g/mol. The van der Waals surface area contributed by atoms with E-state index in [1.807, 2.05) is 0 Å². The molecule has 0 atom stereocenters. The second kappa shape index (κ2) is 4.75. The van der Waals surface area contributed by atoms with Crippen molar-refractivity contribution in [3.63, 3.8) is 0 Å².